The summed E-state index contributed by atoms with van der Waals surface area (Å²) in [6, 6.07) is 12.1. The molecule has 0 unspecified atom stereocenters. The van der Waals surface area contributed by atoms with Crippen molar-refractivity contribution < 1.29 is 24.6 Å². The van der Waals surface area contributed by atoms with E-state index in [-0.39, 0.29) is 5.56 Å². The lowest BCUT2D eigenvalue weighted by atomic mass is 10.1. The Kier molecular flexibility index (Phi) is 7.00. The van der Waals surface area contributed by atoms with E-state index >= 15 is 0 Å². The number of hydrogen-bond acceptors (Lipinski definition) is 5. The van der Waals surface area contributed by atoms with Gasteiger partial charge in [-0.05, 0) is 37.3 Å². The summed E-state index contributed by atoms with van der Waals surface area (Å²) in [5.74, 6) is 4.61. The molecule has 0 heterocycles. The number of aliphatic hydroxyl groups is 2. The molecule has 6 nitrogen and oxygen atoms in total. The van der Waals surface area contributed by atoms with Gasteiger partial charge in [0.2, 0.25) is 0 Å². The third-order valence-corrected chi connectivity index (χ3v) is 3.85. The van der Waals surface area contributed by atoms with E-state index in [9.17, 15) is 19.5 Å². The highest BCUT2D eigenvalue weighted by Gasteiger charge is 2.25. The normalized spacial score (nSPS) is 12.3. The van der Waals surface area contributed by atoms with Crippen LogP contribution in [0, 0.1) is 11.8 Å². The van der Waals surface area contributed by atoms with Gasteiger partial charge in [-0.1, -0.05) is 30.0 Å². The van der Waals surface area contributed by atoms with Crippen molar-refractivity contribution in [3.8, 4) is 11.8 Å². The summed E-state index contributed by atoms with van der Waals surface area (Å²) in [5.41, 5.74) is 2.03. The molecule has 2 atom stereocenters. The first-order valence-electron chi connectivity index (χ1n) is 8.25. The zero-order valence-electron chi connectivity index (χ0n) is 14.7. The number of carbonyl (C=O) groups is 3. The Bertz CT molecular complexity index is 891. The van der Waals surface area contributed by atoms with E-state index in [1.807, 2.05) is 0 Å². The van der Waals surface area contributed by atoms with Crippen molar-refractivity contribution in [2.24, 2.45) is 0 Å². The molecule has 138 valence electrons. The van der Waals surface area contributed by atoms with Crippen LogP contribution < -0.4 is 5.32 Å². The first kappa shape index (κ1) is 20.0. The van der Waals surface area contributed by atoms with Crippen LogP contribution in [0.5, 0.6) is 0 Å². The summed E-state index contributed by atoms with van der Waals surface area (Å²) in [5, 5.41) is 20.9. The van der Waals surface area contributed by atoms with Gasteiger partial charge in [-0.2, -0.15) is 0 Å². The van der Waals surface area contributed by atoms with E-state index in [0.717, 1.165) is 6.29 Å². The van der Waals surface area contributed by atoms with E-state index in [4.69, 9.17) is 5.11 Å². The van der Waals surface area contributed by atoms with Crippen molar-refractivity contribution >= 4 is 18.0 Å². The number of Topliss-reactive ketones (excluding diaryl/α,β-unsaturated/α-hetero) is 1. The van der Waals surface area contributed by atoms with Gasteiger partial charge in [-0.25, -0.2) is 0 Å². The molecule has 0 spiro atoms. The number of carbonyl (C=O) groups excluding carboxylic acids is 3. The fourth-order valence-corrected chi connectivity index (χ4v) is 2.35. The van der Waals surface area contributed by atoms with Crippen LogP contribution in [-0.2, 0) is 4.79 Å². The molecule has 0 saturated carbocycles. The van der Waals surface area contributed by atoms with E-state index in [2.05, 4.69) is 17.2 Å². The number of ketones is 1. The van der Waals surface area contributed by atoms with Gasteiger partial charge in [0.1, 0.15) is 12.6 Å². The number of amides is 1. The van der Waals surface area contributed by atoms with Crippen LogP contribution in [0.25, 0.3) is 0 Å². The molecule has 0 aromatic heterocycles. The molecule has 0 aliphatic rings. The van der Waals surface area contributed by atoms with Crippen molar-refractivity contribution in [1.29, 1.82) is 0 Å². The highest BCUT2D eigenvalue weighted by molar-refractivity contribution is 5.98. The number of benzene rings is 2. The van der Waals surface area contributed by atoms with Crippen molar-refractivity contribution in [3.63, 3.8) is 0 Å². The van der Waals surface area contributed by atoms with Crippen molar-refractivity contribution in [2.75, 3.05) is 6.61 Å². The molecule has 0 aliphatic carbocycles. The van der Waals surface area contributed by atoms with Crippen LogP contribution >= 0.6 is 0 Å². The lowest BCUT2D eigenvalue weighted by molar-refractivity contribution is -0.125. The monoisotopic (exact) mass is 365 g/mol. The molecule has 0 radical (unpaired) electrons. The summed E-state index contributed by atoms with van der Waals surface area (Å²) in [6.07, 6.45) is -0.388. The van der Waals surface area contributed by atoms with Gasteiger partial charge in [-0.3, -0.25) is 14.4 Å². The number of rotatable bonds is 6. The van der Waals surface area contributed by atoms with Gasteiger partial charge in [0, 0.05) is 22.3 Å². The lowest BCUT2D eigenvalue weighted by Gasteiger charge is -2.19. The maximum absolute atomic E-state index is 12.2. The summed E-state index contributed by atoms with van der Waals surface area (Å²) < 4.78 is 0. The number of aldehydes is 1. The quantitative estimate of drug-likeness (QED) is 0.522. The van der Waals surface area contributed by atoms with Gasteiger partial charge >= 0.3 is 0 Å². The fourth-order valence-electron chi connectivity index (χ4n) is 2.35. The maximum atomic E-state index is 12.2. The second-order valence-corrected chi connectivity index (χ2v) is 5.85. The van der Waals surface area contributed by atoms with Crippen LogP contribution in [-0.4, -0.2) is 46.9 Å². The first-order valence-corrected chi connectivity index (χ1v) is 8.25. The van der Waals surface area contributed by atoms with E-state index < -0.39 is 30.4 Å². The molecular weight excluding hydrogens is 346 g/mol. The molecule has 27 heavy (non-hydrogen) atoms. The zero-order chi connectivity index (χ0) is 19.8. The van der Waals surface area contributed by atoms with E-state index in [1.54, 1.807) is 36.4 Å². The molecule has 0 bridgehead atoms. The van der Waals surface area contributed by atoms with Crippen LogP contribution in [0.15, 0.2) is 48.5 Å². The number of nitrogens with one attached hydrogen (secondary N) is 1. The second-order valence-electron chi connectivity index (χ2n) is 5.85. The summed E-state index contributed by atoms with van der Waals surface area (Å²) in [6.45, 7) is 0.584. The maximum Gasteiger partial charge on any atom is 0.251 e. The average molecular weight is 365 g/mol. The summed E-state index contributed by atoms with van der Waals surface area (Å²) >= 11 is 0. The minimum absolute atomic E-state index is 0.283. The Labute approximate surface area is 156 Å². The standard InChI is InChI=1S/C21H19NO5/c1-14(25)20(19(26)13-24)22-21(27)17-10-7-15(8-11-17)6-9-16-4-2-3-5-18(16)12-23/h2-5,7-8,10-12,14,20,24-25H,13H2,1H3,(H,22,27)/t14-,20+/m1/s1. The predicted molar refractivity (Wildman–Crippen MR) is 99.3 cm³/mol. The second kappa shape index (κ2) is 9.43. The fraction of sp³-hybridized carbons (Fsp3) is 0.190. The Hall–Kier alpha value is -3.27. The Morgan fingerprint density at radius 2 is 1.78 bits per heavy atom. The molecule has 3 N–H and O–H groups in total. The van der Waals surface area contributed by atoms with Gasteiger partial charge < -0.3 is 15.5 Å². The third kappa shape index (κ3) is 5.35. The first-order chi connectivity index (χ1) is 13.0. The van der Waals surface area contributed by atoms with Gasteiger partial charge in [-0.15, -0.1) is 0 Å². The molecule has 0 aliphatic heterocycles. The molecule has 2 aromatic rings. The highest BCUT2D eigenvalue weighted by Crippen LogP contribution is 2.07. The largest absolute Gasteiger partial charge is 0.391 e. The summed E-state index contributed by atoms with van der Waals surface area (Å²) in [4.78, 5) is 34.8. The molecule has 6 heteroatoms. The molecule has 2 rings (SSSR count). The Morgan fingerprint density at radius 1 is 1.11 bits per heavy atom. The van der Waals surface area contributed by atoms with Crippen LogP contribution in [0.1, 0.15) is 38.8 Å². The molecule has 0 saturated heterocycles. The van der Waals surface area contributed by atoms with Gasteiger partial charge in [0.15, 0.2) is 12.1 Å². The number of aliphatic hydroxyl groups excluding tert-OH is 2. The van der Waals surface area contributed by atoms with E-state index in [0.29, 0.717) is 16.7 Å². The highest BCUT2D eigenvalue weighted by atomic mass is 16.3. The Morgan fingerprint density at radius 3 is 2.37 bits per heavy atom. The topological polar surface area (TPSA) is 104 Å². The average Bonchev–Trinajstić information content (AvgIpc) is 2.70. The van der Waals surface area contributed by atoms with Crippen LogP contribution in [0.4, 0.5) is 0 Å². The van der Waals surface area contributed by atoms with Gasteiger partial charge in [0.05, 0.1) is 6.10 Å². The molecular formula is C21H19NO5. The minimum Gasteiger partial charge on any atom is -0.391 e. The minimum atomic E-state index is -1.18. The smallest absolute Gasteiger partial charge is 0.251 e. The number of hydrogen-bond donors (Lipinski definition) is 3. The third-order valence-electron chi connectivity index (χ3n) is 3.85. The van der Waals surface area contributed by atoms with Crippen LogP contribution in [0.2, 0.25) is 0 Å². The SMILES string of the molecule is C[C@@H](O)[C@H](NC(=O)c1ccc(C#Cc2ccccc2C=O)cc1)C(=O)CO. The summed E-state index contributed by atoms with van der Waals surface area (Å²) in [7, 11) is 0. The molecule has 0 fully saturated rings. The van der Waals surface area contributed by atoms with E-state index in [1.165, 1.54) is 19.1 Å². The van der Waals surface area contributed by atoms with Crippen molar-refractivity contribution in [2.45, 2.75) is 19.1 Å². The van der Waals surface area contributed by atoms with Gasteiger partial charge in [0.25, 0.3) is 5.91 Å². The Balaban J connectivity index is 2.13. The van der Waals surface area contributed by atoms with Crippen molar-refractivity contribution in [1.82, 2.24) is 5.32 Å². The zero-order valence-corrected chi connectivity index (χ0v) is 14.7. The molecule has 1 amide bonds. The lowest BCUT2D eigenvalue weighted by Crippen LogP contribution is -2.48. The predicted octanol–water partition coefficient (Wildman–Crippen LogP) is 0.940. The van der Waals surface area contributed by atoms with Crippen LogP contribution in [0.3, 0.4) is 0 Å². The molecule has 2 aromatic carbocycles. The van der Waals surface area contributed by atoms with Crippen molar-refractivity contribution in [3.05, 3.63) is 70.8 Å².